The summed E-state index contributed by atoms with van der Waals surface area (Å²) in [6.45, 7) is 4.24. The lowest BCUT2D eigenvalue weighted by atomic mass is 10.0. The molecule has 0 fully saturated rings. The van der Waals surface area contributed by atoms with Crippen LogP contribution in [0, 0.1) is 13.8 Å². The van der Waals surface area contributed by atoms with Gasteiger partial charge in [0.25, 0.3) is 0 Å². The molecule has 0 N–H and O–H groups in total. The average Bonchev–Trinajstić information content (AvgIpc) is 4.40. The minimum Gasteiger partial charge on any atom is -0.454 e. The Morgan fingerprint density at radius 3 is 1.12 bits per heavy atom. The zero-order valence-corrected chi connectivity index (χ0v) is 40.7. The van der Waals surface area contributed by atoms with E-state index in [9.17, 15) is 0 Å². The summed E-state index contributed by atoms with van der Waals surface area (Å²) < 4.78 is 30.9. The van der Waals surface area contributed by atoms with Crippen molar-refractivity contribution in [2.45, 2.75) is 13.8 Å². The summed E-state index contributed by atoms with van der Waals surface area (Å²) >= 11 is 0. The molecular weight excluding hydrogens is 923 g/mol. The van der Waals surface area contributed by atoms with Crippen molar-refractivity contribution < 1.29 is 17.7 Å². The number of para-hydroxylation sites is 9. The molecule has 7 heteroatoms. The lowest BCUT2D eigenvalue weighted by molar-refractivity contribution is 0.665. The van der Waals surface area contributed by atoms with Gasteiger partial charge in [-0.1, -0.05) is 152 Å². The molecule has 6 heterocycles. The van der Waals surface area contributed by atoms with E-state index >= 15 is 0 Å². The Morgan fingerprint density at radius 2 is 0.653 bits per heavy atom. The SMILES string of the molecule is Cc1cccc2c1oc1c(N(c3ccccc3)c3cc4c5ccccc5oc4c4c3c3cccc5c6c(N(c7ccccc7)c7cccc8c7oc7c(C)cccc78)cc7c8ccccc8oc7c6n4c35)cccc12. The van der Waals surface area contributed by atoms with E-state index in [0.29, 0.717) is 0 Å². The Kier molecular flexibility index (Phi) is 8.02. The van der Waals surface area contributed by atoms with Crippen molar-refractivity contribution in [3.63, 3.8) is 0 Å². The largest absolute Gasteiger partial charge is 0.454 e. The van der Waals surface area contributed by atoms with Crippen molar-refractivity contribution in [3.8, 4) is 0 Å². The summed E-state index contributed by atoms with van der Waals surface area (Å²) in [5, 5.41) is 12.7. The number of hydrogen-bond acceptors (Lipinski definition) is 6. The topological polar surface area (TPSA) is 63.5 Å². The van der Waals surface area contributed by atoms with Crippen LogP contribution in [0.15, 0.2) is 230 Å². The van der Waals surface area contributed by atoms with E-state index < -0.39 is 0 Å². The van der Waals surface area contributed by atoms with Crippen LogP contribution in [0.4, 0.5) is 34.1 Å². The molecule has 75 heavy (non-hydrogen) atoms. The van der Waals surface area contributed by atoms with Crippen LogP contribution in [0.5, 0.6) is 0 Å². The Balaban J connectivity index is 1.08. The maximum absolute atomic E-state index is 7.21. The molecular formula is C68H41N3O4. The maximum atomic E-state index is 7.21. The number of aromatic nitrogens is 1. The second-order valence-corrected chi connectivity index (χ2v) is 20.0. The number of aryl methyl sites for hydroxylation is 2. The molecule has 11 aromatic carbocycles. The van der Waals surface area contributed by atoms with Gasteiger partial charge in [0, 0.05) is 76.0 Å². The first kappa shape index (κ1) is 40.6. The second kappa shape index (κ2) is 14.8. The highest BCUT2D eigenvalue weighted by Gasteiger charge is 2.33. The molecule has 352 valence electrons. The fourth-order valence-electron chi connectivity index (χ4n) is 12.7. The van der Waals surface area contributed by atoms with E-state index in [2.05, 4.69) is 240 Å². The third kappa shape index (κ3) is 5.38. The average molecular weight is 964 g/mol. The number of hydrogen-bond donors (Lipinski definition) is 0. The molecule has 0 bridgehead atoms. The highest BCUT2D eigenvalue weighted by atomic mass is 16.3. The Labute approximate surface area is 427 Å². The van der Waals surface area contributed by atoms with E-state index in [1.54, 1.807) is 0 Å². The first-order chi connectivity index (χ1) is 37.1. The number of nitrogens with zero attached hydrogens (tertiary/aromatic N) is 3. The van der Waals surface area contributed by atoms with E-state index in [1.807, 2.05) is 0 Å². The fraction of sp³-hybridized carbons (Fsp3) is 0.0294. The lowest BCUT2D eigenvalue weighted by Crippen LogP contribution is -2.11. The molecule has 7 nitrogen and oxygen atoms in total. The third-order valence-corrected chi connectivity index (χ3v) is 15.9. The predicted octanol–water partition coefficient (Wildman–Crippen LogP) is 20.0. The van der Waals surface area contributed by atoms with E-state index in [-0.39, 0.29) is 0 Å². The summed E-state index contributed by atoms with van der Waals surface area (Å²) in [7, 11) is 0. The smallest absolute Gasteiger partial charge is 0.160 e. The summed E-state index contributed by atoms with van der Waals surface area (Å²) in [5.74, 6) is 0. The maximum Gasteiger partial charge on any atom is 0.160 e. The van der Waals surface area contributed by atoms with Gasteiger partial charge in [0.1, 0.15) is 33.4 Å². The summed E-state index contributed by atoms with van der Waals surface area (Å²) in [5.41, 5.74) is 17.7. The van der Waals surface area contributed by atoms with Crippen LogP contribution in [0.3, 0.4) is 0 Å². The Morgan fingerprint density at radius 1 is 0.280 bits per heavy atom. The first-order valence-corrected chi connectivity index (χ1v) is 25.5. The predicted molar refractivity (Wildman–Crippen MR) is 309 cm³/mol. The van der Waals surface area contributed by atoms with Crippen LogP contribution < -0.4 is 9.80 Å². The summed E-state index contributed by atoms with van der Waals surface area (Å²) in [6.07, 6.45) is 0. The van der Waals surface area contributed by atoms with Crippen LogP contribution in [-0.4, -0.2) is 4.40 Å². The Hall–Kier alpha value is -9.98. The van der Waals surface area contributed by atoms with Crippen molar-refractivity contribution in [3.05, 3.63) is 223 Å². The van der Waals surface area contributed by atoms with Gasteiger partial charge in [0.2, 0.25) is 0 Å². The molecule has 0 saturated heterocycles. The number of fused-ring (bicyclic) bond motifs is 20. The van der Waals surface area contributed by atoms with Crippen molar-refractivity contribution >= 4 is 160 Å². The van der Waals surface area contributed by atoms with Crippen molar-refractivity contribution in [1.29, 1.82) is 0 Å². The highest BCUT2D eigenvalue weighted by Crippen LogP contribution is 2.56. The molecule has 0 saturated carbocycles. The van der Waals surface area contributed by atoms with Gasteiger partial charge in [-0.25, -0.2) is 0 Å². The molecule has 0 aliphatic heterocycles. The Bertz CT molecular complexity index is 4910. The zero-order chi connectivity index (χ0) is 49.2. The van der Waals surface area contributed by atoms with Gasteiger partial charge >= 0.3 is 0 Å². The van der Waals surface area contributed by atoms with Crippen LogP contribution in [0.25, 0.3) is 126 Å². The van der Waals surface area contributed by atoms with E-state index in [1.165, 1.54) is 0 Å². The number of furan rings is 4. The van der Waals surface area contributed by atoms with Gasteiger partial charge in [-0.3, -0.25) is 0 Å². The van der Waals surface area contributed by atoms with Crippen LogP contribution >= 0.6 is 0 Å². The number of rotatable bonds is 6. The van der Waals surface area contributed by atoms with Gasteiger partial charge in [0.15, 0.2) is 22.3 Å². The molecule has 17 aromatic rings. The van der Waals surface area contributed by atoms with E-state index in [0.717, 1.165) is 171 Å². The zero-order valence-electron chi connectivity index (χ0n) is 40.7. The lowest BCUT2D eigenvalue weighted by Gasteiger charge is -2.27. The van der Waals surface area contributed by atoms with Crippen LogP contribution in [-0.2, 0) is 0 Å². The quantitative estimate of drug-likeness (QED) is 0.165. The summed E-state index contributed by atoms with van der Waals surface area (Å²) in [4.78, 5) is 4.78. The van der Waals surface area contributed by atoms with Crippen LogP contribution in [0.1, 0.15) is 11.1 Å². The molecule has 17 rings (SSSR count). The van der Waals surface area contributed by atoms with Crippen molar-refractivity contribution in [2.75, 3.05) is 9.80 Å². The second-order valence-electron chi connectivity index (χ2n) is 20.0. The molecule has 0 aliphatic carbocycles. The standard InChI is InChI=1S/C68H41N3O4/c1-38-18-13-26-44-46-28-16-32-52(65(46)74-63(38)44)69(40-20-5-3-6-21-40)54-36-50-42-24-9-11-34-56(42)72-67(50)61-58(54)48-30-15-31-49-59-55(37-51-43-25-10-12-35-57(43)73-68(51)62(59)71(61)60(48)49)70(41-22-7-4-8-23-41)53-33-17-29-47-45-27-14-19-39(2)64(45)75-66(47)53/h3-37H,1-2H3. The normalized spacial score (nSPS) is 12.4. The van der Waals surface area contributed by atoms with Gasteiger partial charge in [-0.05, 0) is 85.6 Å². The van der Waals surface area contributed by atoms with E-state index in [4.69, 9.17) is 17.7 Å². The van der Waals surface area contributed by atoms with Gasteiger partial charge in [0.05, 0.1) is 28.3 Å². The summed E-state index contributed by atoms with van der Waals surface area (Å²) in [6, 6.07) is 75.4. The molecule has 0 amide bonds. The first-order valence-electron chi connectivity index (χ1n) is 25.5. The monoisotopic (exact) mass is 963 g/mol. The van der Waals surface area contributed by atoms with Crippen molar-refractivity contribution in [2.24, 2.45) is 0 Å². The number of anilines is 6. The van der Waals surface area contributed by atoms with Gasteiger partial charge < -0.3 is 31.9 Å². The minimum absolute atomic E-state index is 0.799. The van der Waals surface area contributed by atoms with Gasteiger partial charge in [-0.2, -0.15) is 0 Å². The van der Waals surface area contributed by atoms with Gasteiger partial charge in [-0.15, -0.1) is 0 Å². The molecule has 6 aromatic heterocycles. The minimum atomic E-state index is 0.799. The molecule has 0 atom stereocenters. The molecule has 0 spiro atoms. The molecule has 0 unspecified atom stereocenters. The number of benzene rings is 11. The fourth-order valence-corrected chi connectivity index (χ4v) is 12.7. The molecule has 0 radical (unpaired) electrons. The third-order valence-electron chi connectivity index (χ3n) is 15.9. The van der Waals surface area contributed by atoms with Crippen LogP contribution in [0.2, 0.25) is 0 Å². The van der Waals surface area contributed by atoms with Crippen molar-refractivity contribution in [1.82, 2.24) is 4.40 Å². The molecule has 0 aliphatic rings. The highest BCUT2D eigenvalue weighted by molar-refractivity contribution is 6.36.